The summed E-state index contributed by atoms with van der Waals surface area (Å²) in [5, 5.41) is 6.75. The molecule has 162 valence electrons. The number of guanidine groups is 1. The van der Waals surface area contributed by atoms with Crippen LogP contribution in [-0.4, -0.2) is 45.5 Å². The maximum absolute atomic E-state index is 6.18. The number of aliphatic imine (C=N–C) groups is 1. The van der Waals surface area contributed by atoms with Gasteiger partial charge in [0.1, 0.15) is 17.6 Å². The molecular weight excluding hydrogens is 378 g/mol. The van der Waals surface area contributed by atoms with Crippen molar-refractivity contribution in [2.75, 3.05) is 33.4 Å². The summed E-state index contributed by atoms with van der Waals surface area (Å²) in [5.74, 6) is 2.63. The number of hydrogen-bond acceptors (Lipinski definition) is 4. The molecule has 0 aliphatic carbocycles. The van der Waals surface area contributed by atoms with Crippen LogP contribution in [0.25, 0.3) is 0 Å². The second-order valence-electron chi connectivity index (χ2n) is 7.44. The molecule has 0 spiro atoms. The van der Waals surface area contributed by atoms with Crippen molar-refractivity contribution in [1.29, 1.82) is 0 Å². The van der Waals surface area contributed by atoms with Crippen molar-refractivity contribution in [1.82, 2.24) is 10.6 Å². The Kier molecular flexibility index (Phi) is 8.84. The summed E-state index contributed by atoms with van der Waals surface area (Å²) in [5.41, 5.74) is 2.31. The summed E-state index contributed by atoms with van der Waals surface area (Å²) in [7, 11) is 1.79. The van der Waals surface area contributed by atoms with Gasteiger partial charge in [-0.05, 0) is 43.5 Å². The Morgan fingerprint density at radius 1 is 1.13 bits per heavy atom. The molecule has 2 aromatic carbocycles. The molecule has 6 nitrogen and oxygen atoms in total. The van der Waals surface area contributed by atoms with Gasteiger partial charge in [0.25, 0.3) is 0 Å². The van der Waals surface area contributed by atoms with Gasteiger partial charge >= 0.3 is 0 Å². The van der Waals surface area contributed by atoms with E-state index in [1.165, 1.54) is 5.56 Å². The average Bonchev–Trinajstić information content (AvgIpc) is 3.27. The minimum Gasteiger partial charge on any atom is -0.494 e. The molecule has 1 fully saturated rings. The fourth-order valence-electron chi connectivity index (χ4n) is 3.24. The number of benzene rings is 2. The van der Waals surface area contributed by atoms with E-state index in [0.717, 1.165) is 55.4 Å². The molecule has 1 unspecified atom stereocenters. The predicted molar refractivity (Wildman–Crippen MR) is 120 cm³/mol. The molecule has 2 aromatic rings. The zero-order valence-corrected chi connectivity index (χ0v) is 18.0. The highest BCUT2D eigenvalue weighted by Gasteiger charge is 2.18. The second kappa shape index (κ2) is 12.1. The topological polar surface area (TPSA) is 64.1 Å². The van der Waals surface area contributed by atoms with Crippen LogP contribution in [0.3, 0.4) is 0 Å². The van der Waals surface area contributed by atoms with Gasteiger partial charge in [0, 0.05) is 32.1 Å². The van der Waals surface area contributed by atoms with Crippen LogP contribution in [0.4, 0.5) is 0 Å². The van der Waals surface area contributed by atoms with Crippen LogP contribution in [0.15, 0.2) is 53.5 Å². The van der Waals surface area contributed by atoms with Gasteiger partial charge in [0.05, 0.1) is 19.8 Å². The third-order valence-corrected chi connectivity index (χ3v) is 4.95. The van der Waals surface area contributed by atoms with E-state index in [-0.39, 0.29) is 6.10 Å². The molecule has 1 saturated heterocycles. The molecule has 0 saturated carbocycles. The van der Waals surface area contributed by atoms with Gasteiger partial charge in [0.2, 0.25) is 0 Å². The number of para-hydroxylation sites is 1. The summed E-state index contributed by atoms with van der Waals surface area (Å²) in [6.07, 6.45) is 3.07. The van der Waals surface area contributed by atoms with E-state index in [1.54, 1.807) is 7.05 Å². The van der Waals surface area contributed by atoms with Crippen LogP contribution in [0.2, 0.25) is 0 Å². The van der Waals surface area contributed by atoms with E-state index in [0.29, 0.717) is 19.8 Å². The molecule has 1 aliphatic heterocycles. The number of rotatable bonds is 10. The van der Waals surface area contributed by atoms with Gasteiger partial charge in [0.15, 0.2) is 5.96 Å². The largest absolute Gasteiger partial charge is 0.494 e. The molecule has 6 heteroatoms. The highest BCUT2D eigenvalue weighted by molar-refractivity contribution is 5.79. The van der Waals surface area contributed by atoms with Crippen LogP contribution in [0.5, 0.6) is 11.5 Å². The number of unbranched alkanes of at least 4 members (excludes halogenated alkanes) is 1. The normalized spacial score (nSPS) is 16.3. The zero-order valence-electron chi connectivity index (χ0n) is 18.0. The second-order valence-corrected chi connectivity index (χ2v) is 7.44. The third kappa shape index (κ3) is 7.26. The number of nitrogens with zero attached hydrogens (tertiary/aromatic N) is 1. The lowest BCUT2D eigenvalue weighted by Gasteiger charge is -2.18. The Bertz CT molecular complexity index is 790. The molecule has 0 radical (unpaired) electrons. The molecule has 1 aliphatic rings. The van der Waals surface area contributed by atoms with E-state index < -0.39 is 0 Å². The van der Waals surface area contributed by atoms with Gasteiger partial charge in [-0.15, -0.1) is 0 Å². The molecule has 1 atom stereocenters. The highest BCUT2D eigenvalue weighted by Crippen LogP contribution is 2.23. The minimum atomic E-state index is 0.140. The fourth-order valence-corrected chi connectivity index (χ4v) is 3.24. The van der Waals surface area contributed by atoms with Crippen molar-refractivity contribution < 1.29 is 14.2 Å². The van der Waals surface area contributed by atoms with Gasteiger partial charge in [-0.25, -0.2) is 0 Å². The lowest BCUT2D eigenvalue weighted by molar-refractivity contribution is 0.140. The Morgan fingerprint density at radius 2 is 2.00 bits per heavy atom. The molecule has 3 rings (SSSR count). The van der Waals surface area contributed by atoms with E-state index >= 15 is 0 Å². The lowest BCUT2D eigenvalue weighted by atomic mass is 10.1. The fraction of sp³-hybridized carbons (Fsp3) is 0.458. The molecule has 2 N–H and O–H groups in total. The van der Waals surface area contributed by atoms with Gasteiger partial charge in [-0.2, -0.15) is 0 Å². The van der Waals surface area contributed by atoms with Crippen molar-refractivity contribution in [2.45, 2.75) is 38.8 Å². The molecular formula is C24H33N3O3. The smallest absolute Gasteiger partial charge is 0.191 e. The van der Waals surface area contributed by atoms with Crippen molar-refractivity contribution in [3.05, 3.63) is 59.7 Å². The first kappa shape index (κ1) is 22.0. The van der Waals surface area contributed by atoms with Crippen LogP contribution in [0.1, 0.15) is 30.4 Å². The van der Waals surface area contributed by atoms with Crippen LogP contribution < -0.4 is 20.1 Å². The number of aryl methyl sites for hydroxylation is 1. The maximum Gasteiger partial charge on any atom is 0.191 e. The van der Waals surface area contributed by atoms with Crippen LogP contribution in [0, 0.1) is 6.92 Å². The quantitative estimate of drug-likeness (QED) is 0.355. The summed E-state index contributed by atoms with van der Waals surface area (Å²) in [6, 6.07) is 16.2. The summed E-state index contributed by atoms with van der Waals surface area (Å²) in [4.78, 5) is 4.32. The molecule has 0 bridgehead atoms. The number of nitrogens with one attached hydrogen (secondary N) is 2. The summed E-state index contributed by atoms with van der Waals surface area (Å²) in [6.45, 7) is 5.73. The molecule has 1 heterocycles. The Balaban J connectivity index is 1.38. The highest BCUT2D eigenvalue weighted by atomic mass is 16.5. The Hall–Kier alpha value is -2.73. The van der Waals surface area contributed by atoms with Crippen molar-refractivity contribution in [3.8, 4) is 11.5 Å². The van der Waals surface area contributed by atoms with E-state index in [1.807, 2.05) is 30.3 Å². The lowest BCUT2D eigenvalue weighted by Crippen LogP contribution is -2.37. The monoisotopic (exact) mass is 411 g/mol. The predicted octanol–water partition coefficient (Wildman–Crippen LogP) is 3.69. The Morgan fingerprint density at radius 3 is 2.77 bits per heavy atom. The van der Waals surface area contributed by atoms with Gasteiger partial charge in [-0.3, -0.25) is 4.99 Å². The van der Waals surface area contributed by atoms with Gasteiger partial charge < -0.3 is 24.8 Å². The van der Waals surface area contributed by atoms with Crippen molar-refractivity contribution in [3.63, 3.8) is 0 Å². The first-order chi connectivity index (χ1) is 14.7. The van der Waals surface area contributed by atoms with Crippen LogP contribution in [-0.2, 0) is 11.3 Å². The van der Waals surface area contributed by atoms with E-state index in [9.17, 15) is 0 Å². The van der Waals surface area contributed by atoms with Gasteiger partial charge in [-0.1, -0.05) is 30.3 Å². The summed E-state index contributed by atoms with van der Waals surface area (Å²) < 4.78 is 17.3. The van der Waals surface area contributed by atoms with E-state index in [4.69, 9.17) is 14.2 Å². The standard InChI is InChI=1S/C24H33N3O3/c1-19-10-11-20(23(16-19)30-22-12-15-28-18-22)17-27-24(25-2)26-13-6-7-14-29-21-8-4-3-5-9-21/h3-5,8-11,16,22H,6-7,12-15,17-18H2,1-2H3,(H2,25,26,27). The first-order valence-corrected chi connectivity index (χ1v) is 10.7. The average molecular weight is 412 g/mol. The first-order valence-electron chi connectivity index (χ1n) is 10.7. The van der Waals surface area contributed by atoms with Crippen LogP contribution >= 0.6 is 0 Å². The SMILES string of the molecule is CN=C(NCCCCOc1ccccc1)NCc1ccc(C)cc1OC1CCOC1. The Labute approximate surface area is 179 Å². The third-order valence-electron chi connectivity index (χ3n) is 4.95. The number of hydrogen-bond donors (Lipinski definition) is 2. The minimum absolute atomic E-state index is 0.140. The molecule has 0 amide bonds. The maximum atomic E-state index is 6.18. The molecule has 0 aromatic heterocycles. The number of ether oxygens (including phenoxy) is 3. The molecule has 30 heavy (non-hydrogen) atoms. The van der Waals surface area contributed by atoms with E-state index in [2.05, 4.69) is 40.7 Å². The zero-order chi connectivity index (χ0) is 21.0. The summed E-state index contributed by atoms with van der Waals surface area (Å²) >= 11 is 0. The van der Waals surface area contributed by atoms with Crippen molar-refractivity contribution >= 4 is 5.96 Å². The van der Waals surface area contributed by atoms with Crippen molar-refractivity contribution in [2.24, 2.45) is 4.99 Å².